The van der Waals surface area contributed by atoms with Crippen LogP contribution in [0.5, 0.6) is 5.75 Å². The summed E-state index contributed by atoms with van der Waals surface area (Å²) >= 11 is 0. The highest BCUT2D eigenvalue weighted by molar-refractivity contribution is 5.30. The molecule has 0 bridgehead atoms. The lowest BCUT2D eigenvalue weighted by Gasteiger charge is -2.27. The number of nitrogens with one attached hydrogen (secondary N) is 1. The number of ether oxygens (including phenoxy) is 2. The predicted octanol–water partition coefficient (Wildman–Crippen LogP) is 3.12. The van der Waals surface area contributed by atoms with E-state index >= 15 is 0 Å². The molecule has 3 nitrogen and oxygen atoms in total. The van der Waals surface area contributed by atoms with Gasteiger partial charge < -0.3 is 14.8 Å². The van der Waals surface area contributed by atoms with Crippen molar-refractivity contribution in [1.82, 2.24) is 5.32 Å². The quantitative estimate of drug-likeness (QED) is 0.892. The van der Waals surface area contributed by atoms with Gasteiger partial charge in [0.25, 0.3) is 0 Å². The molecule has 19 heavy (non-hydrogen) atoms. The van der Waals surface area contributed by atoms with Crippen molar-refractivity contribution in [2.75, 3.05) is 13.2 Å². The monoisotopic (exact) mass is 271 g/mol. The van der Waals surface area contributed by atoms with E-state index in [2.05, 4.69) is 10.1 Å². The molecule has 0 aromatic heterocycles. The molecule has 2 atom stereocenters. The van der Waals surface area contributed by atoms with Gasteiger partial charge in [-0.2, -0.15) is 8.78 Å². The molecule has 1 aromatic rings. The van der Waals surface area contributed by atoms with Crippen LogP contribution in [-0.2, 0) is 4.74 Å². The van der Waals surface area contributed by atoms with Crippen LogP contribution in [0.2, 0.25) is 0 Å². The molecule has 5 heteroatoms. The second-order valence-corrected chi connectivity index (χ2v) is 4.75. The maximum atomic E-state index is 12.2. The largest absolute Gasteiger partial charge is 0.435 e. The molecule has 1 aliphatic heterocycles. The first kappa shape index (κ1) is 14.2. The van der Waals surface area contributed by atoms with Gasteiger partial charge >= 0.3 is 6.61 Å². The first-order valence-corrected chi connectivity index (χ1v) is 6.53. The van der Waals surface area contributed by atoms with Crippen molar-refractivity contribution in [2.24, 2.45) is 0 Å². The van der Waals surface area contributed by atoms with E-state index in [1.165, 1.54) is 6.07 Å². The molecule has 0 amide bonds. The average Bonchev–Trinajstić information content (AvgIpc) is 2.39. The third-order valence-corrected chi connectivity index (χ3v) is 3.23. The lowest BCUT2D eigenvalue weighted by atomic mass is 10.0. The van der Waals surface area contributed by atoms with Crippen molar-refractivity contribution in [3.8, 4) is 5.75 Å². The maximum Gasteiger partial charge on any atom is 0.387 e. The molecule has 0 unspecified atom stereocenters. The summed E-state index contributed by atoms with van der Waals surface area (Å²) in [6.07, 6.45) is 2.14. The molecular formula is C14H19F2NO2. The molecule has 1 fully saturated rings. The highest BCUT2D eigenvalue weighted by Gasteiger charge is 2.17. The number of rotatable bonds is 5. The van der Waals surface area contributed by atoms with Gasteiger partial charge in [0.1, 0.15) is 5.75 Å². The predicted molar refractivity (Wildman–Crippen MR) is 68.5 cm³/mol. The van der Waals surface area contributed by atoms with Crippen LogP contribution in [0.15, 0.2) is 24.3 Å². The Morgan fingerprint density at radius 3 is 2.95 bits per heavy atom. The molecule has 106 valence electrons. The smallest absolute Gasteiger partial charge is 0.387 e. The Kier molecular flexibility index (Phi) is 5.10. The first-order valence-electron chi connectivity index (χ1n) is 6.53. The van der Waals surface area contributed by atoms with Crippen molar-refractivity contribution in [3.05, 3.63) is 29.8 Å². The van der Waals surface area contributed by atoms with Crippen LogP contribution in [0.3, 0.4) is 0 Å². The lowest BCUT2D eigenvalue weighted by molar-refractivity contribution is -0.0499. The Morgan fingerprint density at radius 1 is 1.42 bits per heavy atom. The minimum Gasteiger partial charge on any atom is -0.435 e. The molecule has 1 heterocycles. The standard InChI is InChI=1S/C14H19F2NO2/c1-10(17-12-5-3-7-18-9-12)11-4-2-6-13(8-11)19-14(15)16/h2,4,6,8,10,12,14,17H,3,5,7,9H2,1H3/t10-,12-/m0/s1. The van der Waals surface area contributed by atoms with Crippen LogP contribution in [-0.4, -0.2) is 25.9 Å². The maximum absolute atomic E-state index is 12.2. The van der Waals surface area contributed by atoms with Crippen LogP contribution in [0.1, 0.15) is 31.4 Å². The van der Waals surface area contributed by atoms with Crippen molar-refractivity contribution >= 4 is 0 Å². The highest BCUT2D eigenvalue weighted by atomic mass is 19.3. The van der Waals surface area contributed by atoms with Crippen LogP contribution in [0.25, 0.3) is 0 Å². The fourth-order valence-corrected chi connectivity index (χ4v) is 2.28. The molecule has 0 radical (unpaired) electrons. The van der Waals surface area contributed by atoms with Crippen LogP contribution >= 0.6 is 0 Å². The topological polar surface area (TPSA) is 30.5 Å². The molecule has 1 aliphatic rings. The molecule has 1 N–H and O–H groups in total. The third-order valence-electron chi connectivity index (χ3n) is 3.23. The fourth-order valence-electron chi connectivity index (χ4n) is 2.28. The molecule has 0 aliphatic carbocycles. The van der Waals surface area contributed by atoms with Crippen molar-refractivity contribution < 1.29 is 18.3 Å². The molecule has 1 saturated heterocycles. The second-order valence-electron chi connectivity index (χ2n) is 4.75. The van der Waals surface area contributed by atoms with E-state index < -0.39 is 6.61 Å². The van der Waals surface area contributed by atoms with Crippen LogP contribution < -0.4 is 10.1 Å². The average molecular weight is 271 g/mol. The minimum absolute atomic E-state index is 0.0768. The van der Waals surface area contributed by atoms with E-state index in [0.29, 0.717) is 12.6 Å². The van der Waals surface area contributed by atoms with Gasteiger partial charge in [-0.1, -0.05) is 12.1 Å². The van der Waals surface area contributed by atoms with E-state index in [-0.39, 0.29) is 11.8 Å². The Morgan fingerprint density at radius 2 is 2.26 bits per heavy atom. The number of benzene rings is 1. The van der Waals surface area contributed by atoms with Gasteiger partial charge in [-0.25, -0.2) is 0 Å². The first-order chi connectivity index (χ1) is 9.15. The molecule has 0 saturated carbocycles. The second kappa shape index (κ2) is 6.82. The number of alkyl halides is 2. The van der Waals surface area contributed by atoms with Gasteiger partial charge in [0.2, 0.25) is 0 Å². The van der Waals surface area contributed by atoms with Crippen molar-refractivity contribution in [1.29, 1.82) is 0 Å². The van der Waals surface area contributed by atoms with Gasteiger partial charge in [-0.05, 0) is 37.5 Å². The van der Waals surface area contributed by atoms with E-state index in [4.69, 9.17) is 4.74 Å². The van der Waals surface area contributed by atoms with Gasteiger partial charge in [0.15, 0.2) is 0 Å². The van der Waals surface area contributed by atoms with Crippen LogP contribution in [0.4, 0.5) is 8.78 Å². The van der Waals surface area contributed by atoms with E-state index in [1.54, 1.807) is 12.1 Å². The summed E-state index contributed by atoms with van der Waals surface area (Å²) in [7, 11) is 0. The zero-order valence-electron chi connectivity index (χ0n) is 10.9. The number of halogens is 2. The van der Waals surface area contributed by atoms with Crippen molar-refractivity contribution in [2.45, 2.75) is 38.5 Å². The van der Waals surface area contributed by atoms with Crippen LogP contribution in [0, 0.1) is 0 Å². The number of hydrogen-bond donors (Lipinski definition) is 1. The number of hydrogen-bond acceptors (Lipinski definition) is 3. The normalized spacial score (nSPS) is 21.4. The van der Waals surface area contributed by atoms with Gasteiger partial charge in [0.05, 0.1) is 6.61 Å². The molecule has 2 rings (SSSR count). The summed E-state index contributed by atoms with van der Waals surface area (Å²) in [5, 5.41) is 3.45. The lowest BCUT2D eigenvalue weighted by Crippen LogP contribution is -2.38. The van der Waals surface area contributed by atoms with Gasteiger partial charge in [0, 0.05) is 18.7 Å². The van der Waals surface area contributed by atoms with Gasteiger partial charge in [-0.15, -0.1) is 0 Å². The molecule has 1 aromatic carbocycles. The molecule has 0 spiro atoms. The highest BCUT2D eigenvalue weighted by Crippen LogP contribution is 2.21. The van der Waals surface area contributed by atoms with Gasteiger partial charge in [-0.3, -0.25) is 0 Å². The minimum atomic E-state index is -2.79. The van der Waals surface area contributed by atoms with E-state index in [0.717, 1.165) is 25.0 Å². The summed E-state index contributed by atoms with van der Waals surface area (Å²) < 4.78 is 34.2. The fraction of sp³-hybridized carbons (Fsp3) is 0.571. The Balaban J connectivity index is 1.95. The zero-order chi connectivity index (χ0) is 13.7. The Hall–Kier alpha value is -1.20. The molecular weight excluding hydrogens is 252 g/mol. The summed E-state index contributed by atoms with van der Waals surface area (Å²) in [5.41, 5.74) is 0.934. The SMILES string of the molecule is C[C@H](N[C@H]1CCCOC1)c1cccc(OC(F)F)c1. The third kappa shape index (κ3) is 4.44. The summed E-state index contributed by atoms with van der Waals surface area (Å²) in [5.74, 6) is 0.195. The summed E-state index contributed by atoms with van der Waals surface area (Å²) in [6, 6.07) is 7.21. The van der Waals surface area contributed by atoms with E-state index in [1.807, 2.05) is 13.0 Å². The van der Waals surface area contributed by atoms with E-state index in [9.17, 15) is 8.78 Å². The summed E-state index contributed by atoms with van der Waals surface area (Å²) in [6.45, 7) is 0.753. The zero-order valence-corrected chi connectivity index (χ0v) is 10.9. The summed E-state index contributed by atoms with van der Waals surface area (Å²) in [4.78, 5) is 0. The Bertz CT molecular complexity index is 395. The van der Waals surface area contributed by atoms with Crippen molar-refractivity contribution in [3.63, 3.8) is 0 Å². The Labute approximate surface area is 111 Å².